The van der Waals surface area contributed by atoms with Crippen LogP contribution in [-0.2, 0) is 14.8 Å². The minimum absolute atomic E-state index is 0.0399. The van der Waals surface area contributed by atoms with Crippen LogP contribution in [0.1, 0.15) is 13.8 Å². The maximum atomic E-state index is 12.9. The van der Waals surface area contributed by atoms with E-state index in [1.54, 1.807) is 26.0 Å². The molecule has 0 bridgehead atoms. The highest BCUT2D eigenvalue weighted by Crippen LogP contribution is 2.32. The summed E-state index contributed by atoms with van der Waals surface area (Å²) in [6, 6.07) is 7.93. The van der Waals surface area contributed by atoms with Crippen LogP contribution in [0.25, 0.3) is 0 Å². The number of hydrogen-bond acceptors (Lipinski definition) is 6. The Kier molecular flexibility index (Phi) is 6.72. The molecular formula is C19H19BrClNO6S. The van der Waals surface area contributed by atoms with E-state index in [2.05, 4.69) is 20.7 Å². The van der Waals surface area contributed by atoms with Crippen molar-refractivity contribution in [2.75, 3.05) is 13.2 Å². The SMILES string of the molecule is CC(C)[C@H](NS(=O)(=O)c1ccc2c(c1)OCCO2)C(=O)Oc1ccc(Br)cc1Cl. The molecule has 0 aromatic heterocycles. The van der Waals surface area contributed by atoms with Gasteiger partial charge in [0.25, 0.3) is 0 Å². The average molecular weight is 505 g/mol. The molecule has 0 aliphatic carbocycles. The van der Waals surface area contributed by atoms with Crippen LogP contribution in [0.2, 0.25) is 5.02 Å². The van der Waals surface area contributed by atoms with Gasteiger partial charge in [0.2, 0.25) is 10.0 Å². The number of benzene rings is 2. The fraction of sp³-hybridized carbons (Fsp3) is 0.316. The first-order valence-electron chi connectivity index (χ1n) is 8.76. The zero-order valence-corrected chi connectivity index (χ0v) is 18.8. The van der Waals surface area contributed by atoms with Crippen molar-refractivity contribution in [3.8, 4) is 17.2 Å². The predicted molar refractivity (Wildman–Crippen MR) is 111 cm³/mol. The summed E-state index contributed by atoms with van der Waals surface area (Å²) < 4.78 is 45.0. The van der Waals surface area contributed by atoms with Crippen molar-refractivity contribution in [2.24, 2.45) is 5.92 Å². The Hall–Kier alpha value is -1.81. The van der Waals surface area contributed by atoms with Crippen LogP contribution in [0.4, 0.5) is 0 Å². The van der Waals surface area contributed by atoms with E-state index in [1.165, 1.54) is 24.3 Å². The van der Waals surface area contributed by atoms with Crippen molar-refractivity contribution >= 4 is 43.5 Å². The van der Waals surface area contributed by atoms with Crippen LogP contribution >= 0.6 is 27.5 Å². The van der Waals surface area contributed by atoms with Gasteiger partial charge in [-0.3, -0.25) is 0 Å². The molecule has 0 saturated carbocycles. The van der Waals surface area contributed by atoms with E-state index >= 15 is 0 Å². The number of halogens is 2. The van der Waals surface area contributed by atoms with Gasteiger partial charge in [0.1, 0.15) is 25.0 Å². The Labute approximate surface area is 182 Å². The number of ether oxygens (including phenoxy) is 3. The molecule has 1 heterocycles. The van der Waals surface area contributed by atoms with E-state index in [1.807, 2.05) is 0 Å². The second kappa shape index (κ2) is 8.91. The topological polar surface area (TPSA) is 90.9 Å². The molecule has 10 heteroatoms. The van der Waals surface area contributed by atoms with Crippen LogP contribution in [0, 0.1) is 5.92 Å². The summed E-state index contributed by atoms with van der Waals surface area (Å²) in [6.45, 7) is 4.15. The summed E-state index contributed by atoms with van der Waals surface area (Å²) in [6.07, 6.45) is 0. The van der Waals surface area contributed by atoms with Gasteiger partial charge in [-0.1, -0.05) is 41.4 Å². The zero-order chi connectivity index (χ0) is 21.2. The summed E-state index contributed by atoms with van der Waals surface area (Å²) in [5.74, 6) is -0.178. The van der Waals surface area contributed by atoms with Gasteiger partial charge in [0.05, 0.1) is 9.92 Å². The molecule has 7 nitrogen and oxygen atoms in total. The van der Waals surface area contributed by atoms with Gasteiger partial charge < -0.3 is 14.2 Å². The van der Waals surface area contributed by atoms with E-state index in [0.717, 1.165) is 4.47 Å². The molecule has 1 aliphatic heterocycles. The Morgan fingerprint density at radius 1 is 1.14 bits per heavy atom. The molecule has 0 unspecified atom stereocenters. The lowest BCUT2D eigenvalue weighted by molar-refractivity contribution is -0.137. The molecule has 2 aromatic rings. The molecule has 0 amide bonds. The van der Waals surface area contributed by atoms with Gasteiger partial charge in [0.15, 0.2) is 11.5 Å². The van der Waals surface area contributed by atoms with Crippen LogP contribution in [0.15, 0.2) is 45.8 Å². The molecular weight excluding hydrogens is 486 g/mol. The van der Waals surface area contributed by atoms with Gasteiger partial charge in [-0.05, 0) is 36.2 Å². The van der Waals surface area contributed by atoms with Gasteiger partial charge in [0, 0.05) is 10.5 Å². The molecule has 0 radical (unpaired) electrons. The lowest BCUT2D eigenvalue weighted by Crippen LogP contribution is -2.46. The van der Waals surface area contributed by atoms with Crippen LogP contribution in [0.5, 0.6) is 17.2 Å². The number of fused-ring (bicyclic) bond motifs is 1. The minimum Gasteiger partial charge on any atom is -0.486 e. The van der Waals surface area contributed by atoms with E-state index in [-0.39, 0.29) is 21.6 Å². The Morgan fingerprint density at radius 3 is 2.48 bits per heavy atom. The van der Waals surface area contributed by atoms with E-state index in [9.17, 15) is 13.2 Å². The monoisotopic (exact) mass is 503 g/mol. The second-order valence-electron chi connectivity index (χ2n) is 6.64. The number of nitrogens with one attached hydrogen (secondary N) is 1. The summed E-state index contributed by atoms with van der Waals surface area (Å²) in [4.78, 5) is 12.6. The van der Waals surface area contributed by atoms with Gasteiger partial charge in [-0.2, -0.15) is 4.72 Å². The summed E-state index contributed by atoms with van der Waals surface area (Å²) >= 11 is 9.35. The van der Waals surface area contributed by atoms with E-state index < -0.39 is 22.0 Å². The number of carbonyl (C=O) groups excluding carboxylic acids is 1. The molecule has 1 N–H and O–H groups in total. The number of carbonyl (C=O) groups is 1. The standard InChI is InChI=1S/C19H19BrClNO6S/c1-11(2)18(19(23)28-15-5-3-12(20)9-14(15)21)22-29(24,25)13-4-6-16-17(10-13)27-8-7-26-16/h3-6,9-11,18,22H,7-8H2,1-2H3/t18-/m0/s1. The second-order valence-corrected chi connectivity index (χ2v) is 9.68. The molecule has 2 aromatic carbocycles. The van der Waals surface area contributed by atoms with Gasteiger partial charge in [-0.25, -0.2) is 13.2 Å². The summed E-state index contributed by atoms with van der Waals surface area (Å²) in [5, 5.41) is 0.227. The van der Waals surface area contributed by atoms with Crippen LogP contribution in [-0.4, -0.2) is 33.6 Å². The molecule has 29 heavy (non-hydrogen) atoms. The molecule has 0 saturated heterocycles. The Morgan fingerprint density at radius 2 is 1.83 bits per heavy atom. The summed E-state index contributed by atoms with van der Waals surface area (Å²) in [5.41, 5.74) is 0. The van der Waals surface area contributed by atoms with Crippen molar-refractivity contribution < 1.29 is 27.4 Å². The fourth-order valence-corrected chi connectivity index (χ4v) is 4.67. The number of hydrogen-bond donors (Lipinski definition) is 1. The lowest BCUT2D eigenvalue weighted by Gasteiger charge is -2.22. The van der Waals surface area contributed by atoms with Crippen molar-refractivity contribution in [1.82, 2.24) is 4.72 Å². The van der Waals surface area contributed by atoms with Crippen molar-refractivity contribution in [3.63, 3.8) is 0 Å². The highest BCUT2D eigenvalue weighted by molar-refractivity contribution is 9.10. The number of sulfonamides is 1. The quantitative estimate of drug-likeness (QED) is 0.476. The first-order valence-corrected chi connectivity index (χ1v) is 11.4. The van der Waals surface area contributed by atoms with Crippen molar-refractivity contribution in [1.29, 1.82) is 0 Å². The van der Waals surface area contributed by atoms with Crippen molar-refractivity contribution in [3.05, 3.63) is 45.9 Å². The molecule has 1 aliphatic rings. The highest BCUT2D eigenvalue weighted by Gasteiger charge is 2.31. The highest BCUT2D eigenvalue weighted by atomic mass is 79.9. The lowest BCUT2D eigenvalue weighted by atomic mass is 10.1. The fourth-order valence-electron chi connectivity index (χ4n) is 2.61. The Bertz CT molecular complexity index is 1030. The molecule has 3 rings (SSSR count). The van der Waals surface area contributed by atoms with Gasteiger partial charge >= 0.3 is 5.97 Å². The number of rotatable bonds is 6. The predicted octanol–water partition coefficient (Wildman–Crippen LogP) is 3.78. The van der Waals surface area contributed by atoms with Crippen molar-refractivity contribution in [2.45, 2.75) is 24.8 Å². The zero-order valence-electron chi connectivity index (χ0n) is 15.6. The molecule has 156 valence electrons. The maximum Gasteiger partial charge on any atom is 0.329 e. The third-order valence-corrected chi connectivity index (χ3v) is 6.36. The smallest absolute Gasteiger partial charge is 0.329 e. The normalized spacial score (nSPS) is 14.5. The van der Waals surface area contributed by atoms with E-state index in [4.69, 9.17) is 25.8 Å². The molecule has 1 atom stereocenters. The maximum absolute atomic E-state index is 12.9. The third kappa shape index (κ3) is 5.22. The largest absolute Gasteiger partial charge is 0.486 e. The van der Waals surface area contributed by atoms with Crippen LogP contribution < -0.4 is 18.9 Å². The van der Waals surface area contributed by atoms with Crippen LogP contribution in [0.3, 0.4) is 0 Å². The number of esters is 1. The van der Waals surface area contributed by atoms with E-state index in [0.29, 0.717) is 24.7 Å². The molecule has 0 spiro atoms. The summed E-state index contributed by atoms with van der Waals surface area (Å²) in [7, 11) is -4.02. The Balaban J connectivity index is 1.81. The minimum atomic E-state index is -4.02. The van der Waals surface area contributed by atoms with Gasteiger partial charge in [-0.15, -0.1) is 0 Å². The molecule has 0 fully saturated rings. The first-order chi connectivity index (χ1) is 13.7. The average Bonchev–Trinajstić information content (AvgIpc) is 2.67. The third-order valence-electron chi connectivity index (χ3n) is 4.13. The first kappa shape index (κ1) is 21.9.